The number of thioether (sulfide) groups is 1. The van der Waals surface area contributed by atoms with Crippen molar-refractivity contribution >= 4 is 57.4 Å². The van der Waals surface area contributed by atoms with E-state index in [0.29, 0.717) is 21.1 Å². The van der Waals surface area contributed by atoms with E-state index in [-0.39, 0.29) is 18.6 Å². The Morgan fingerprint density at radius 1 is 1.15 bits per heavy atom. The zero-order chi connectivity index (χ0) is 23.4. The second-order valence-corrected chi connectivity index (χ2v) is 10.3. The highest BCUT2D eigenvalue weighted by atomic mass is 32.2. The monoisotopic (exact) mass is 477 g/mol. The first-order valence-electron chi connectivity index (χ1n) is 11.2. The maximum absolute atomic E-state index is 12.0. The molecule has 4 rings (SSSR count). The lowest BCUT2D eigenvalue weighted by Crippen LogP contribution is -2.26. The second-order valence-electron chi connectivity index (χ2n) is 8.44. The van der Waals surface area contributed by atoms with Gasteiger partial charge in [0.1, 0.15) is 0 Å². The van der Waals surface area contributed by atoms with Crippen LogP contribution in [0.1, 0.15) is 56.1 Å². The van der Waals surface area contributed by atoms with Gasteiger partial charge in [0.25, 0.3) is 0 Å². The van der Waals surface area contributed by atoms with Crippen molar-refractivity contribution in [2.45, 2.75) is 51.0 Å². The molecule has 6 heteroatoms. The molecule has 0 amide bonds. The molecule has 2 atom stereocenters. The van der Waals surface area contributed by atoms with Crippen LogP contribution in [0.25, 0.3) is 6.08 Å². The van der Waals surface area contributed by atoms with Gasteiger partial charge in [0.05, 0.1) is 15.5 Å². The van der Waals surface area contributed by atoms with Gasteiger partial charge in [-0.2, -0.15) is 0 Å². The third kappa shape index (κ3) is 5.45. The summed E-state index contributed by atoms with van der Waals surface area (Å²) in [6, 6.07) is 17.8. The third-order valence-corrected chi connectivity index (χ3v) is 7.74. The minimum atomic E-state index is -0.891. The van der Waals surface area contributed by atoms with E-state index in [0.717, 1.165) is 5.56 Å². The van der Waals surface area contributed by atoms with Crippen molar-refractivity contribution in [3.05, 3.63) is 76.7 Å². The topological polar surface area (TPSA) is 57.6 Å². The number of nitrogens with zero attached hydrogens (tertiary/aromatic N) is 1. The molecular formula is C27H27NO3S2. The standard InChI is InChI=1S/C27H27NO3S2/c1-18(29)25(33-27(32)16-15-26(30)31)12-5-7-19-13-14-24-22(17-19)21-10-6-11-23(21)28(24)20-8-3-2-4-9-20/h2-5,7-9,12-14,17,21,23H,6,10-11,15-16H2,1H3,(H,30,31)/b7-5+,25-12+. The van der Waals surface area contributed by atoms with Crippen LogP contribution in [0.5, 0.6) is 0 Å². The van der Waals surface area contributed by atoms with Crippen LogP contribution < -0.4 is 4.90 Å². The van der Waals surface area contributed by atoms with E-state index in [9.17, 15) is 9.59 Å². The van der Waals surface area contributed by atoms with Gasteiger partial charge < -0.3 is 10.0 Å². The van der Waals surface area contributed by atoms with Gasteiger partial charge in [0.2, 0.25) is 0 Å². The van der Waals surface area contributed by atoms with Crippen molar-refractivity contribution in [3.63, 3.8) is 0 Å². The number of rotatable bonds is 8. The zero-order valence-electron chi connectivity index (χ0n) is 18.6. The van der Waals surface area contributed by atoms with E-state index >= 15 is 0 Å². The molecule has 2 aliphatic rings. The first-order chi connectivity index (χ1) is 15.9. The Kier molecular flexibility index (Phi) is 7.46. The van der Waals surface area contributed by atoms with Crippen LogP contribution in [0.4, 0.5) is 11.4 Å². The summed E-state index contributed by atoms with van der Waals surface area (Å²) in [5.41, 5.74) is 5.06. The van der Waals surface area contributed by atoms with Crippen LogP contribution in [0, 0.1) is 0 Å². The summed E-state index contributed by atoms with van der Waals surface area (Å²) in [5.74, 6) is -0.416. The molecule has 1 N–H and O–H groups in total. The Balaban J connectivity index is 1.53. The van der Waals surface area contributed by atoms with Crippen molar-refractivity contribution in [1.82, 2.24) is 0 Å². The van der Waals surface area contributed by atoms with E-state index in [1.54, 1.807) is 6.08 Å². The van der Waals surface area contributed by atoms with E-state index < -0.39 is 5.97 Å². The number of carboxylic acid groups (broad SMARTS) is 1. The van der Waals surface area contributed by atoms with Crippen LogP contribution in [0.2, 0.25) is 0 Å². The van der Waals surface area contributed by atoms with Crippen molar-refractivity contribution in [2.75, 3.05) is 4.90 Å². The Bertz CT molecular complexity index is 1120. The largest absolute Gasteiger partial charge is 0.481 e. The van der Waals surface area contributed by atoms with Gasteiger partial charge in [-0.1, -0.05) is 66.8 Å². The van der Waals surface area contributed by atoms with Gasteiger partial charge in [0, 0.05) is 23.3 Å². The third-order valence-electron chi connectivity index (χ3n) is 6.21. The molecule has 2 aromatic rings. The highest BCUT2D eigenvalue weighted by molar-refractivity contribution is 8.26. The Morgan fingerprint density at radius 2 is 1.94 bits per heavy atom. The maximum atomic E-state index is 12.0. The summed E-state index contributed by atoms with van der Waals surface area (Å²) in [6.07, 6.45) is 9.58. The highest BCUT2D eigenvalue weighted by Gasteiger charge is 2.41. The quantitative estimate of drug-likeness (QED) is 0.254. The van der Waals surface area contributed by atoms with Crippen LogP contribution >= 0.6 is 24.0 Å². The summed E-state index contributed by atoms with van der Waals surface area (Å²) in [5, 5.41) is 8.81. The number of ketones is 1. The first-order valence-corrected chi connectivity index (χ1v) is 12.5. The van der Waals surface area contributed by atoms with Crippen LogP contribution in [-0.2, 0) is 9.59 Å². The number of hydrogen-bond donors (Lipinski definition) is 1. The lowest BCUT2D eigenvalue weighted by Gasteiger charge is -2.27. The number of aliphatic carboxylic acids is 1. The second kappa shape index (κ2) is 10.5. The number of allylic oxidation sites excluding steroid dienone is 3. The Morgan fingerprint density at radius 3 is 2.67 bits per heavy atom. The average molecular weight is 478 g/mol. The minimum absolute atomic E-state index is 0.0237. The normalized spacial score (nSPS) is 19.5. The number of carbonyl (C=O) groups excluding carboxylic acids is 1. The fraction of sp³-hybridized carbons (Fsp3) is 0.296. The smallest absolute Gasteiger partial charge is 0.303 e. The Labute approximate surface area is 204 Å². The summed E-state index contributed by atoms with van der Waals surface area (Å²) in [6.45, 7) is 1.50. The number of benzene rings is 2. The molecule has 33 heavy (non-hydrogen) atoms. The molecule has 1 heterocycles. The SMILES string of the molecule is CC(=O)/C(=C\C=C\c1ccc2c(c1)C1CCCC1N2c1ccccc1)SC(=S)CCC(=O)O. The van der Waals surface area contributed by atoms with E-state index in [1.165, 1.54) is 54.9 Å². The molecular weight excluding hydrogens is 450 g/mol. The van der Waals surface area contributed by atoms with Crippen LogP contribution in [-0.4, -0.2) is 27.1 Å². The molecule has 1 saturated carbocycles. The lowest BCUT2D eigenvalue weighted by molar-refractivity contribution is -0.136. The number of Topliss-reactive ketones (excluding diaryl/α,β-unsaturated/α-hetero) is 1. The van der Waals surface area contributed by atoms with Crippen LogP contribution in [0.15, 0.2) is 65.6 Å². The number of para-hydroxylation sites is 1. The molecule has 1 aliphatic heterocycles. The summed E-state index contributed by atoms with van der Waals surface area (Å²) >= 11 is 6.42. The Hall–Kier alpha value is -2.70. The number of carbonyl (C=O) groups is 2. The van der Waals surface area contributed by atoms with E-state index in [2.05, 4.69) is 53.4 Å². The fourth-order valence-electron chi connectivity index (χ4n) is 4.76. The fourth-order valence-corrected chi connectivity index (χ4v) is 5.87. The first kappa shape index (κ1) is 23.5. The number of thiocarbonyl (C=S) groups is 1. The molecule has 0 saturated heterocycles. The van der Waals surface area contributed by atoms with Crippen molar-refractivity contribution in [1.29, 1.82) is 0 Å². The molecule has 0 bridgehead atoms. The van der Waals surface area contributed by atoms with Gasteiger partial charge >= 0.3 is 5.97 Å². The lowest BCUT2D eigenvalue weighted by atomic mass is 9.96. The van der Waals surface area contributed by atoms with Gasteiger partial charge in [-0.3, -0.25) is 9.59 Å². The summed E-state index contributed by atoms with van der Waals surface area (Å²) in [4.78, 5) is 25.8. The van der Waals surface area contributed by atoms with Gasteiger partial charge in [-0.25, -0.2) is 0 Å². The van der Waals surface area contributed by atoms with E-state index in [4.69, 9.17) is 17.3 Å². The van der Waals surface area contributed by atoms with Crippen molar-refractivity contribution < 1.29 is 14.7 Å². The molecule has 1 aliphatic carbocycles. The van der Waals surface area contributed by atoms with Gasteiger partial charge in [0.15, 0.2) is 5.78 Å². The number of anilines is 2. The number of hydrogen-bond acceptors (Lipinski definition) is 5. The predicted octanol–water partition coefficient (Wildman–Crippen LogP) is 6.89. The molecule has 4 nitrogen and oxygen atoms in total. The maximum Gasteiger partial charge on any atom is 0.303 e. The van der Waals surface area contributed by atoms with Gasteiger partial charge in [-0.05, 0) is 67.7 Å². The highest BCUT2D eigenvalue weighted by Crippen LogP contribution is 2.52. The van der Waals surface area contributed by atoms with Crippen molar-refractivity contribution in [2.24, 2.45) is 0 Å². The molecule has 2 unspecified atom stereocenters. The van der Waals surface area contributed by atoms with Gasteiger partial charge in [-0.15, -0.1) is 0 Å². The molecule has 170 valence electrons. The average Bonchev–Trinajstić information content (AvgIpc) is 3.38. The molecule has 2 aromatic carbocycles. The van der Waals surface area contributed by atoms with Crippen molar-refractivity contribution in [3.8, 4) is 0 Å². The molecule has 0 aromatic heterocycles. The zero-order valence-corrected chi connectivity index (χ0v) is 20.2. The minimum Gasteiger partial charge on any atom is -0.481 e. The van der Waals surface area contributed by atoms with E-state index in [1.807, 2.05) is 12.2 Å². The molecule has 1 fully saturated rings. The molecule has 0 spiro atoms. The molecule has 0 radical (unpaired) electrons. The predicted molar refractivity (Wildman–Crippen MR) is 140 cm³/mol. The number of fused-ring (bicyclic) bond motifs is 3. The van der Waals surface area contributed by atoms with Crippen LogP contribution in [0.3, 0.4) is 0 Å². The summed E-state index contributed by atoms with van der Waals surface area (Å²) in [7, 11) is 0. The summed E-state index contributed by atoms with van der Waals surface area (Å²) < 4.78 is 0.512. The number of carboxylic acids is 1.